The van der Waals surface area contributed by atoms with E-state index < -0.39 is 0 Å². The van der Waals surface area contributed by atoms with Gasteiger partial charge in [-0.3, -0.25) is 0 Å². The summed E-state index contributed by atoms with van der Waals surface area (Å²) in [6.45, 7) is 2.65. The second-order valence-electron chi connectivity index (χ2n) is 8.65. The summed E-state index contributed by atoms with van der Waals surface area (Å²) in [5.41, 5.74) is 7.04. The number of para-hydroxylation sites is 2. The normalized spacial score (nSPS) is 15.9. The Balaban J connectivity index is 1.42. The summed E-state index contributed by atoms with van der Waals surface area (Å²) in [7, 11) is 0. The van der Waals surface area contributed by atoms with Crippen molar-refractivity contribution < 1.29 is 9.47 Å². The first kappa shape index (κ1) is 20.4. The van der Waals surface area contributed by atoms with E-state index in [9.17, 15) is 0 Å². The lowest BCUT2D eigenvalue weighted by Gasteiger charge is -2.32. The van der Waals surface area contributed by atoms with Crippen molar-refractivity contribution in [1.29, 1.82) is 0 Å². The van der Waals surface area contributed by atoms with Gasteiger partial charge in [0.15, 0.2) is 13.5 Å². The molecular weight excluding hydrogens is 420 g/mol. The van der Waals surface area contributed by atoms with Crippen molar-refractivity contribution in [3.8, 4) is 0 Å². The van der Waals surface area contributed by atoms with Crippen molar-refractivity contribution in [3.63, 3.8) is 0 Å². The highest BCUT2D eigenvalue weighted by Crippen LogP contribution is 2.37. The standard InChI is InChI=1S/C30H26N2O2/c1-3-10-26(11-4-1)31-17-24(19-33-21-31)29-16-15-23-9-7-8-14-28(23)30(29)25-18-32(22-34-20-25)27-12-5-2-6-13-27/h1-16,19-20H,17-18,21-22H2. The van der Waals surface area contributed by atoms with Gasteiger partial charge in [0.1, 0.15) is 0 Å². The highest BCUT2D eigenvalue weighted by molar-refractivity contribution is 6.00. The fourth-order valence-corrected chi connectivity index (χ4v) is 4.81. The van der Waals surface area contributed by atoms with Crippen molar-refractivity contribution in [2.75, 3.05) is 36.4 Å². The zero-order valence-corrected chi connectivity index (χ0v) is 18.9. The van der Waals surface area contributed by atoms with E-state index in [1.54, 1.807) is 0 Å². The number of nitrogens with zero attached hydrogens (tertiary/aromatic N) is 2. The van der Waals surface area contributed by atoms with Gasteiger partial charge < -0.3 is 19.3 Å². The van der Waals surface area contributed by atoms with Crippen LogP contribution in [0.2, 0.25) is 0 Å². The summed E-state index contributed by atoms with van der Waals surface area (Å²) < 4.78 is 11.9. The first-order chi connectivity index (χ1) is 16.9. The molecule has 0 fully saturated rings. The predicted octanol–water partition coefficient (Wildman–Crippen LogP) is 6.51. The predicted molar refractivity (Wildman–Crippen MR) is 139 cm³/mol. The molecule has 0 unspecified atom stereocenters. The molecule has 6 rings (SSSR count). The Labute approximate surface area is 200 Å². The molecule has 0 radical (unpaired) electrons. The fraction of sp³-hybridized carbons (Fsp3) is 0.133. The molecule has 0 bridgehead atoms. The van der Waals surface area contributed by atoms with Gasteiger partial charge in [0.2, 0.25) is 0 Å². The van der Waals surface area contributed by atoms with Crippen LogP contribution in [-0.4, -0.2) is 26.6 Å². The van der Waals surface area contributed by atoms with Crippen LogP contribution in [0.4, 0.5) is 11.4 Å². The summed E-state index contributed by atoms with van der Waals surface area (Å²) in [6, 6.07) is 33.9. The molecule has 0 aromatic heterocycles. The van der Waals surface area contributed by atoms with E-state index in [2.05, 4.69) is 94.7 Å². The molecule has 0 atom stereocenters. The number of hydrogen-bond acceptors (Lipinski definition) is 4. The van der Waals surface area contributed by atoms with Gasteiger partial charge >= 0.3 is 0 Å². The van der Waals surface area contributed by atoms with E-state index in [4.69, 9.17) is 9.47 Å². The molecule has 0 amide bonds. The molecule has 2 heterocycles. The minimum Gasteiger partial charge on any atom is -0.480 e. The average Bonchev–Trinajstić information content (AvgIpc) is 2.93. The van der Waals surface area contributed by atoms with E-state index in [0.29, 0.717) is 13.5 Å². The van der Waals surface area contributed by atoms with Gasteiger partial charge in [-0.15, -0.1) is 0 Å². The van der Waals surface area contributed by atoms with Crippen molar-refractivity contribution in [1.82, 2.24) is 0 Å². The number of rotatable bonds is 4. The van der Waals surface area contributed by atoms with Gasteiger partial charge in [-0.1, -0.05) is 72.8 Å². The number of fused-ring (bicyclic) bond motifs is 1. The van der Waals surface area contributed by atoms with E-state index in [-0.39, 0.29) is 0 Å². The topological polar surface area (TPSA) is 24.9 Å². The van der Waals surface area contributed by atoms with Crippen molar-refractivity contribution in [3.05, 3.63) is 121 Å². The Morgan fingerprint density at radius 2 is 1.09 bits per heavy atom. The van der Waals surface area contributed by atoms with Crippen LogP contribution in [0.1, 0.15) is 11.1 Å². The van der Waals surface area contributed by atoms with Crippen LogP contribution in [0.25, 0.3) is 21.9 Å². The zero-order valence-electron chi connectivity index (χ0n) is 18.9. The number of hydrogen-bond donors (Lipinski definition) is 0. The summed E-state index contributed by atoms with van der Waals surface area (Å²) in [5.74, 6) is 0. The molecule has 4 heteroatoms. The third kappa shape index (κ3) is 3.88. The molecule has 2 aliphatic heterocycles. The van der Waals surface area contributed by atoms with Crippen LogP contribution in [-0.2, 0) is 9.47 Å². The maximum atomic E-state index is 5.99. The fourth-order valence-electron chi connectivity index (χ4n) is 4.81. The Hall–Kier alpha value is -4.18. The molecular formula is C30H26N2O2. The average molecular weight is 447 g/mol. The van der Waals surface area contributed by atoms with Gasteiger partial charge in [0, 0.05) is 35.6 Å². The molecule has 34 heavy (non-hydrogen) atoms. The summed E-state index contributed by atoms with van der Waals surface area (Å²) in [4.78, 5) is 4.53. The van der Waals surface area contributed by atoms with E-state index >= 15 is 0 Å². The van der Waals surface area contributed by atoms with Crippen molar-refractivity contribution >= 4 is 33.3 Å². The van der Waals surface area contributed by atoms with Crippen LogP contribution in [0.3, 0.4) is 0 Å². The van der Waals surface area contributed by atoms with Gasteiger partial charge in [-0.25, -0.2) is 0 Å². The summed E-state index contributed by atoms with van der Waals surface area (Å²) in [5, 5.41) is 2.44. The smallest absolute Gasteiger partial charge is 0.160 e. The third-order valence-corrected chi connectivity index (χ3v) is 6.47. The summed E-state index contributed by atoms with van der Waals surface area (Å²) in [6.07, 6.45) is 3.86. The van der Waals surface area contributed by atoms with E-state index in [0.717, 1.165) is 30.0 Å². The second kappa shape index (κ2) is 8.99. The molecule has 0 saturated carbocycles. The minimum absolute atomic E-state index is 0.543. The zero-order chi connectivity index (χ0) is 22.7. The van der Waals surface area contributed by atoms with Crippen LogP contribution in [0, 0.1) is 0 Å². The van der Waals surface area contributed by atoms with Crippen molar-refractivity contribution in [2.24, 2.45) is 0 Å². The van der Waals surface area contributed by atoms with Gasteiger partial charge in [0.05, 0.1) is 12.5 Å². The monoisotopic (exact) mass is 446 g/mol. The van der Waals surface area contributed by atoms with Crippen LogP contribution in [0.5, 0.6) is 0 Å². The number of ether oxygens (including phenoxy) is 2. The van der Waals surface area contributed by atoms with E-state index in [1.165, 1.54) is 27.5 Å². The molecule has 0 aliphatic carbocycles. The first-order valence-corrected chi connectivity index (χ1v) is 11.6. The highest BCUT2D eigenvalue weighted by atomic mass is 16.5. The molecule has 168 valence electrons. The van der Waals surface area contributed by atoms with Gasteiger partial charge in [0.25, 0.3) is 0 Å². The first-order valence-electron chi connectivity index (χ1n) is 11.6. The Morgan fingerprint density at radius 3 is 1.76 bits per heavy atom. The third-order valence-electron chi connectivity index (χ3n) is 6.47. The lowest BCUT2D eigenvalue weighted by atomic mass is 9.89. The molecule has 4 aromatic carbocycles. The maximum absolute atomic E-state index is 5.99. The summed E-state index contributed by atoms with van der Waals surface area (Å²) >= 11 is 0. The maximum Gasteiger partial charge on any atom is 0.160 e. The Bertz CT molecular complexity index is 1360. The lowest BCUT2D eigenvalue weighted by molar-refractivity contribution is 0.240. The Kier molecular flexibility index (Phi) is 5.40. The molecule has 0 N–H and O–H groups in total. The van der Waals surface area contributed by atoms with Crippen LogP contribution in [0.15, 0.2) is 110 Å². The Morgan fingerprint density at radius 1 is 0.529 bits per heavy atom. The van der Waals surface area contributed by atoms with E-state index in [1.807, 2.05) is 24.7 Å². The quantitative estimate of drug-likeness (QED) is 0.357. The van der Waals surface area contributed by atoms with Gasteiger partial charge in [-0.05, 0) is 46.2 Å². The van der Waals surface area contributed by atoms with Crippen molar-refractivity contribution in [2.45, 2.75) is 0 Å². The molecule has 2 aliphatic rings. The van der Waals surface area contributed by atoms with Crippen LogP contribution < -0.4 is 9.80 Å². The molecule has 4 nitrogen and oxygen atoms in total. The highest BCUT2D eigenvalue weighted by Gasteiger charge is 2.24. The number of benzene rings is 4. The number of anilines is 2. The lowest BCUT2D eigenvalue weighted by Crippen LogP contribution is -2.32. The van der Waals surface area contributed by atoms with Crippen LogP contribution >= 0.6 is 0 Å². The SMILES string of the molecule is C1=C(c2ccc3ccccc3c2C2=COCN(c3ccccc3)C2)CN(c2ccccc2)CO1. The largest absolute Gasteiger partial charge is 0.480 e. The molecule has 0 spiro atoms. The second-order valence-corrected chi connectivity index (χ2v) is 8.65. The van der Waals surface area contributed by atoms with Gasteiger partial charge in [-0.2, -0.15) is 0 Å². The molecule has 4 aromatic rings. The minimum atomic E-state index is 0.543. The molecule has 0 saturated heterocycles.